The van der Waals surface area contributed by atoms with Gasteiger partial charge < -0.3 is 10.0 Å². The van der Waals surface area contributed by atoms with Gasteiger partial charge in [-0.1, -0.05) is 24.3 Å². The lowest BCUT2D eigenvalue weighted by Crippen LogP contribution is -2.56. The average molecular weight is 310 g/mol. The highest BCUT2D eigenvalue weighted by atomic mass is 16.3. The molecule has 2 unspecified atom stereocenters. The zero-order valence-corrected chi connectivity index (χ0v) is 13.2. The lowest BCUT2D eigenvalue weighted by molar-refractivity contribution is 0.0283. The molecule has 2 aromatic rings. The monoisotopic (exact) mass is 310 g/mol. The van der Waals surface area contributed by atoms with E-state index < -0.39 is 0 Å². The van der Waals surface area contributed by atoms with Crippen LogP contribution in [0.1, 0.15) is 17.5 Å². The number of nitrogens with zero attached hydrogens (tertiary/aromatic N) is 4. The third kappa shape index (κ3) is 2.94. The number of fused-ring (bicyclic) bond motifs is 1. The molecule has 0 amide bonds. The minimum absolute atomic E-state index is 0.140. The van der Waals surface area contributed by atoms with Crippen LogP contribution in [0.2, 0.25) is 0 Å². The summed E-state index contributed by atoms with van der Waals surface area (Å²) >= 11 is 0. The molecule has 1 saturated heterocycles. The van der Waals surface area contributed by atoms with Gasteiger partial charge in [0.05, 0.1) is 12.1 Å². The molecule has 2 aliphatic heterocycles. The Labute approximate surface area is 136 Å². The van der Waals surface area contributed by atoms with Crippen molar-refractivity contribution in [2.45, 2.75) is 31.5 Å². The van der Waals surface area contributed by atoms with Gasteiger partial charge in [0.25, 0.3) is 0 Å². The van der Waals surface area contributed by atoms with Crippen molar-refractivity contribution in [3.63, 3.8) is 0 Å². The number of piperidine rings is 1. The maximum Gasteiger partial charge on any atom is 0.225 e. The minimum Gasteiger partial charge on any atom is -0.391 e. The Morgan fingerprint density at radius 3 is 2.61 bits per heavy atom. The summed E-state index contributed by atoms with van der Waals surface area (Å²) in [4.78, 5) is 13.3. The van der Waals surface area contributed by atoms with Gasteiger partial charge in [0.2, 0.25) is 5.95 Å². The van der Waals surface area contributed by atoms with Crippen LogP contribution in [0, 0.1) is 0 Å². The number of rotatable bonds is 2. The van der Waals surface area contributed by atoms with Crippen molar-refractivity contribution in [2.24, 2.45) is 0 Å². The van der Waals surface area contributed by atoms with Gasteiger partial charge in [-0.3, -0.25) is 4.90 Å². The van der Waals surface area contributed by atoms with Crippen LogP contribution >= 0.6 is 0 Å². The topological polar surface area (TPSA) is 52.5 Å². The molecule has 0 saturated carbocycles. The van der Waals surface area contributed by atoms with Crippen LogP contribution < -0.4 is 4.90 Å². The fourth-order valence-corrected chi connectivity index (χ4v) is 3.71. The number of hydrogen-bond donors (Lipinski definition) is 1. The van der Waals surface area contributed by atoms with Gasteiger partial charge in [-0.2, -0.15) is 0 Å². The normalized spacial score (nSPS) is 25.2. The second kappa shape index (κ2) is 6.26. The average Bonchev–Trinajstić information content (AvgIpc) is 2.62. The molecule has 1 N–H and O–H groups in total. The lowest BCUT2D eigenvalue weighted by atomic mass is 9.94. The van der Waals surface area contributed by atoms with E-state index in [0.717, 1.165) is 45.0 Å². The van der Waals surface area contributed by atoms with Crippen molar-refractivity contribution in [1.29, 1.82) is 0 Å². The number of hydrogen-bond acceptors (Lipinski definition) is 5. The third-order valence-electron chi connectivity index (χ3n) is 5.01. The summed E-state index contributed by atoms with van der Waals surface area (Å²) in [5.74, 6) is 0.766. The molecule has 3 heterocycles. The summed E-state index contributed by atoms with van der Waals surface area (Å²) in [5.41, 5.74) is 2.83. The molecule has 23 heavy (non-hydrogen) atoms. The Hall–Kier alpha value is -1.98. The Morgan fingerprint density at radius 1 is 1.00 bits per heavy atom. The molecule has 2 atom stereocenters. The van der Waals surface area contributed by atoms with E-state index in [2.05, 4.69) is 44.0 Å². The van der Waals surface area contributed by atoms with Crippen LogP contribution in [0.15, 0.2) is 42.7 Å². The van der Waals surface area contributed by atoms with Crippen molar-refractivity contribution in [3.05, 3.63) is 53.9 Å². The smallest absolute Gasteiger partial charge is 0.225 e. The maximum absolute atomic E-state index is 10.5. The molecule has 2 aliphatic rings. The minimum atomic E-state index is -0.278. The van der Waals surface area contributed by atoms with E-state index in [1.54, 1.807) is 12.4 Å². The van der Waals surface area contributed by atoms with E-state index >= 15 is 0 Å². The Bertz CT molecular complexity index is 663. The van der Waals surface area contributed by atoms with Gasteiger partial charge in [-0.15, -0.1) is 0 Å². The molecule has 4 rings (SSSR count). The quantitative estimate of drug-likeness (QED) is 0.910. The Kier molecular flexibility index (Phi) is 3.97. The molecule has 0 bridgehead atoms. The van der Waals surface area contributed by atoms with Crippen LogP contribution in [0.3, 0.4) is 0 Å². The maximum atomic E-state index is 10.5. The van der Waals surface area contributed by atoms with Crippen molar-refractivity contribution in [1.82, 2.24) is 14.9 Å². The molecular weight excluding hydrogens is 288 g/mol. The zero-order valence-electron chi connectivity index (χ0n) is 13.2. The van der Waals surface area contributed by atoms with Gasteiger partial charge >= 0.3 is 0 Å². The molecule has 0 aliphatic carbocycles. The highest BCUT2D eigenvalue weighted by molar-refractivity contribution is 5.32. The molecule has 0 spiro atoms. The lowest BCUT2D eigenvalue weighted by Gasteiger charge is -2.43. The van der Waals surface area contributed by atoms with E-state index in [0.29, 0.717) is 0 Å². The van der Waals surface area contributed by atoms with Crippen LogP contribution in [-0.2, 0) is 13.0 Å². The predicted molar refractivity (Wildman–Crippen MR) is 89.2 cm³/mol. The van der Waals surface area contributed by atoms with Gasteiger partial charge in [-0.25, -0.2) is 9.97 Å². The van der Waals surface area contributed by atoms with Crippen molar-refractivity contribution >= 4 is 5.95 Å². The first kappa shape index (κ1) is 14.6. The summed E-state index contributed by atoms with van der Waals surface area (Å²) in [7, 11) is 0. The zero-order chi connectivity index (χ0) is 15.6. The number of aliphatic hydroxyl groups is 1. The van der Waals surface area contributed by atoms with Crippen LogP contribution in [0.4, 0.5) is 5.95 Å². The van der Waals surface area contributed by atoms with E-state index in [1.165, 1.54) is 11.1 Å². The van der Waals surface area contributed by atoms with Crippen LogP contribution in [-0.4, -0.2) is 51.8 Å². The largest absolute Gasteiger partial charge is 0.391 e. The number of aromatic nitrogens is 2. The van der Waals surface area contributed by atoms with Crippen molar-refractivity contribution < 1.29 is 5.11 Å². The Morgan fingerprint density at radius 2 is 1.78 bits per heavy atom. The fraction of sp³-hybridized carbons (Fsp3) is 0.444. The van der Waals surface area contributed by atoms with E-state index in [-0.39, 0.29) is 12.1 Å². The fourth-order valence-electron chi connectivity index (χ4n) is 3.71. The first-order chi connectivity index (χ1) is 11.3. The summed E-state index contributed by atoms with van der Waals surface area (Å²) in [6.45, 7) is 3.52. The molecule has 1 fully saturated rings. The van der Waals surface area contributed by atoms with E-state index in [4.69, 9.17) is 0 Å². The molecule has 0 radical (unpaired) electrons. The molecule has 1 aromatic heterocycles. The van der Waals surface area contributed by atoms with Gasteiger partial charge in [0, 0.05) is 38.6 Å². The number of aliphatic hydroxyl groups excluding tert-OH is 1. The predicted octanol–water partition coefficient (Wildman–Crippen LogP) is 1.47. The van der Waals surface area contributed by atoms with Crippen LogP contribution in [0.25, 0.3) is 0 Å². The Balaban J connectivity index is 1.51. The van der Waals surface area contributed by atoms with E-state index in [9.17, 15) is 5.11 Å². The van der Waals surface area contributed by atoms with Gasteiger partial charge in [0.1, 0.15) is 0 Å². The molecule has 5 heteroatoms. The molecule has 5 nitrogen and oxygen atoms in total. The number of benzene rings is 1. The standard InChI is InChI=1S/C18H22N4O/c23-17-7-11-22(18-19-8-3-9-20-18)13-16(17)21-10-6-14-4-1-2-5-15(14)12-21/h1-5,8-9,16-17,23H,6-7,10-13H2. The van der Waals surface area contributed by atoms with Gasteiger partial charge in [-0.05, 0) is 30.0 Å². The van der Waals surface area contributed by atoms with Gasteiger partial charge in [0.15, 0.2) is 0 Å². The molecule has 1 aromatic carbocycles. The summed E-state index contributed by atoms with van der Waals surface area (Å²) in [6, 6.07) is 10.6. The first-order valence-corrected chi connectivity index (χ1v) is 8.32. The highest BCUT2D eigenvalue weighted by Crippen LogP contribution is 2.25. The van der Waals surface area contributed by atoms with Crippen LogP contribution in [0.5, 0.6) is 0 Å². The summed E-state index contributed by atoms with van der Waals surface area (Å²) in [5, 5.41) is 10.5. The van der Waals surface area contributed by atoms with E-state index in [1.807, 2.05) is 6.07 Å². The summed E-state index contributed by atoms with van der Waals surface area (Å²) in [6.07, 6.45) is 5.10. The number of anilines is 1. The first-order valence-electron chi connectivity index (χ1n) is 8.32. The molecule has 120 valence electrons. The van der Waals surface area contributed by atoms with Crippen molar-refractivity contribution in [3.8, 4) is 0 Å². The second-order valence-electron chi connectivity index (χ2n) is 6.41. The summed E-state index contributed by atoms with van der Waals surface area (Å²) < 4.78 is 0. The highest BCUT2D eigenvalue weighted by Gasteiger charge is 2.34. The third-order valence-corrected chi connectivity index (χ3v) is 5.01. The molecular formula is C18H22N4O. The second-order valence-corrected chi connectivity index (χ2v) is 6.41. The SMILES string of the molecule is OC1CCN(c2ncccn2)CC1N1CCc2ccccc2C1. The van der Waals surface area contributed by atoms with Crippen molar-refractivity contribution in [2.75, 3.05) is 24.5 Å².